The summed E-state index contributed by atoms with van der Waals surface area (Å²) >= 11 is 5.64. The lowest BCUT2D eigenvalue weighted by atomic mass is 9.60. The molecule has 5 rings (SSSR count). The molecule has 0 aromatic heterocycles. The van der Waals surface area contributed by atoms with Crippen LogP contribution in [0.2, 0.25) is 5.02 Å². The summed E-state index contributed by atoms with van der Waals surface area (Å²) in [6, 6.07) is 4.06. The minimum Gasteiger partial charge on any atom is -0.484 e. The van der Waals surface area contributed by atoms with E-state index in [4.69, 9.17) is 21.1 Å². The lowest BCUT2D eigenvalue weighted by molar-refractivity contribution is -0.135. The number of nitrogens with one attached hydrogen (secondary N) is 3. The van der Waals surface area contributed by atoms with Crippen molar-refractivity contribution in [1.29, 1.82) is 0 Å². The summed E-state index contributed by atoms with van der Waals surface area (Å²) in [4.78, 5) is 24.7. The van der Waals surface area contributed by atoms with Crippen molar-refractivity contribution in [3.63, 3.8) is 0 Å². The van der Waals surface area contributed by atoms with Gasteiger partial charge in [-0.1, -0.05) is 11.6 Å². The molecule has 1 aromatic rings. The Hall–Kier alpha value is -1.90. The first-order valence-electron chi connectivity index (χ1n) is 9.95. The topological polar surface area (TPSA) is 88.7 Å². The third-order valence-electron chi connectivity index (χ3n) is 5.99. The Balaban J connectivity index is 1.26. The van der Waals surface area contributed by atoms with E-state index < -0.39 is 12.0 Å². The molecule has 2 unspecified atom stereocenters. The van der Waals surface area contributed by atoms with Gasteiger partial charge >= 0.3 is 0 Å². The molecular weight excluding hydrogens is 401 g/mol. The molecule has 9 heteroatoms. The van der Waals surface area contributed by atoms with Gasteiger partial charge in [0.15, 0.2) is 12.8 Å². The van der Waals surface area contributed by atoms with Gasteiger partial charge < -0.3 is 20.1 Å². The SMILES string of the molecule is CC1CNC(C(=O)N[C@@H]2C[C@H](NC(=O)COc3ccc(Cl)c(F)c3)C3CC2C3)O1. The first kappa shape index (κ1) is 20.4. The van der Waals surface area contributed by atoms with Crippen molar-refractivity contribution >= 4 is 23.4 Å². The predicted octanol–water partition coefficient (Wildman–Crippen LogP) is 1.59. The van der Waals surface area contributed by atoms with Crippen LogP contribution in [-0.2, 0) is 14.3 Å². The molecule has 2 amide bonds. The number of carbonyl (C=O) groups excluding carboxylic acids is 2. The van der Waals surface area contributed by atoms with Crippen LogP contribution in [-0.4, -0.2) is 49.4 Å². The van der Waals surface area contributed by atoms with Gasteiger partial charge in [0.2, 0.25) is 0 Å². The van der Waals surface area contributed by atoms with Crippen LogP contribution in [0.5, 0.6) is 5.75 Å². The molecule has 1 saturated heterocycles. The fourth-order valence-corrected chi connectivity index (χ4v) is 4.47. The molecule has 2 bridgehead atoms. The predicted molar refractivity (Wildman–Crippen MR) is 104 cm³/mol. The second kappa shape index (κ2) is 8.45. The highest BCUT2D eigenvalue weighted by Gasteiger charge is 2.47. The zero-order valence-electron chi connectivity index (χ0n) is 16.1. The monoisotopic (exact) mass is 425 g/mol. The minimum atomic E-state index is -0.607. The zero-order valence-corrected chi connectivity index (χ0v) is 16.9. The molecular formula is C20H25ClFN3O4. The molecule has 29 heavy (non-hydrogen) atoms. The van der Waals surface area contributed by atoms with E-state index in [1.54, 1.807) is 0 Å². The van der Waals surface area contributed by atoms with Crippen LogP contribution in [0, 0.1) is 17.7 Å². The van der Waals surface area contributed by atoms with Crippen molar-refractivity contribution in [2.24, 2.45) is 11.8 Å². The fraction of sp³-hybridized carbons (Fsp3) is 0.600. The molecule has 4 aliphatic rings. The zero-order chi connectivity index (χ0) is 20.5. The third-order valence-corrected chi connectivity index (χ3v) is 6.30. The Bertz CT molecular complexity index is 789. The van der Waals surface area contributed by atoms with Crippen molar-refractivity contribution in [1.82, 2.24) is 16.0 Å². The Morgan fingerprint density at radius 2 is 1.97 bits per heavy atom. The average Bonchev–Trinajstić information content (AvgIpc) is 3.08. The molecule has 7 nitrogen and oxygen atoms in total. The molecule has 3 aliphatic carbocycles. The maximum absolute atomic E-state index is 13.5. The number of fused-ring (bicyclic) bond motifs is 2. The smallest absolute Gasteiger partial charge is 0.264 e. The quantitative estimate of drug-likeness (QED) is 0.644. The lowest BCUT2D eigenvalue weighted by Crippen LogP contribution is -2.61. The van der Waals surface area contributed by atoms with Crippen LogP contribution in [0.1, 0.15) is 26.2 Å². The minimum absolute atomic E-state index is 0.00398. The molecule has 1 heterocycles. The first-order chi connectivity index (χ1) is 13.9. The van der Waals surface area contributed by atoms with Crippen molar-refractivity contribution in [2.45, 2.75) is 50.6 Å². The Morgan fingerprint density at radius 1 is 1.24 bits per heavy atom. The second-order valence-corrected chi connectivity index (χ2v) is 8.52. The average molecular weight is 426 g/mol. The first-order valence-corrected chi connectivity index (χ1v) is 10.3. The van der Waals surface area contributed by atoms with Gasteiger partial charge in [-0.05, 0) is 50.2 Å². The van der Waals surface area contributed by atoms with E-state index in [9.17, 15) is 14.0 Å². The van der Waals surface area contributed by atoms with Crippen LogP contribution < -0.4 is 20.7 Å². The van der Waals surface area contributed by atoms with E-state index in [1.165, 1.54) is 12.1 Å². The van der Waals surface area contributed by atoms with Gasteiger partial charge in [-0.25, -0.2) is 4.39 Å². The van der Waals surface area contributed by atoms with Crippen LogP contribution in [0.25, 0.3) is 0 Å². The van der Waals surface area contributed by atoms with Crippen molar-refractivity contribution in [3.05, 3.63) is 29.0 Å². The molecule has 3 N–H and O–H groups in total. The highest BCUT2D eigenvalue weighted by atomic mass is 35.5. The fourth-order valence-electron chi connectivity index (χ4n) is 4.36. The van der Waals surface area contributed by atoms with Gasteiger partial charge in [0.25, 0.3) is 11.8 Å². The number of amides is 2. The van der Waals surface area contributed by atoms with Crippen molar-refractivity contribution in [3.8, 4) is 5.75 Å². The number of hydrogen-bond acceptors (Lipinski definition) is 5. The molecule has 3 saturated carbocycles. The molecule has 1 aliphatic heterocycles. The van der Waals surface area contributed by atoms with Crippen LogP contribution >= 0.6 is 11.6 Å². The Kier molecular flexibility index (Phi) is 5.94. The van der Waals surface area contributed by atoms with E-state index >= 15 is 0 Å². The highest BCUT2D eigenvalue weighted by molar-refractivity contribution is 6.30. The van der Waals surface area contributed by atoms with Gasteiger partial charge in [0.05, 0.1) is 11.1 Å². The summed E-state index contributed by atoms with van der Waals surface area (Å²) in [5.74, 6) is 0.109. The molecule has 0 spiro atoms. The van der Waals surface area contributed by atoms with Crippen molar-refractivity contribution in [2.75, 3.05) is 13.2 Å². The number of carbonyl (C=O) groups is 2. The summed E-state index contributed by atoms with van der Waals surface area (Å²) in [6.07, 6.45) is 2.06. The van der Waals surface area contributed by atoms with Crippen LogP contribution in [0.4, 0.5) is 4.39 Å². The summed E-state index contributed by atoms with van der Waals surface area (Å²) in [6.45, 7) is 2.37. The number of hydrogen-bond donors (Lipinski definition) is 3. The van der Waals surface area contributed by atoms with Gasteiger partial charge in [-0.15, -0.1) is 0 Å². The number of ether oxygens (including phenoxy) is 2. The second-order valence-electron chi connectivity index (χ2n) is 8.12. The molecule has 4 atom stereocenters. The summed E-state index contributed by atoms with van der Waals surface area (Å²) in [7, 11) is 0. The molecule has 4 fully saturated rings. The largest absolute Gasteiger partial charge is 0.484 e. The van der Waals surface area contributed by atoms with Crippen LogP contribution in [0.3, 0.4) is 0 Å². The molecule has 158 valence electrons. The molecule has 0 radical (unpaired) electrons. The van der Waals surface area contributed by atoms with Gasteiger partial charge in [-0.3, -0.25) is 14.9 Å². The van der Waals surface area contributed by atoms with Gasteiger partial charge in [0, 0.05) is 24.7 Å². The van der Waals surface area contributed by atoms with E-state index in [-0.39, 0.29) is 47.4 Å². The third kappa shape index (κ3) is 4.65. The maximum Gasteiger partial charge on any atom is 0.264 e. The normalized spacial score (nSPS) is 32.9. The Morgan fingerprint density at radius 3 is 2.62 bits per heavy atom. The van der Waals surface area contributed by atoms with Gasteiger partial charge in [0.1, 0.15) is 11.6 Å². The van der Waals surface area contributed by atoms with Gasteiger partial charge in [-0.2, -0.15) is 0 Å². The number of benzene rings is 1. The number of halogens is 2. The lowest BCUT2D eigenvalue weighted by Gasteiger charge is -2.51. The van der Waals surface area contributed by atoms with Crippen molar-refractivity contribution < 1.29 is 23.5 Å². The summed E-state index contributed by atoms with van der Waals surface area (Å²) in [5.41, 5.74) is 0. The van der Waals surface area contributed by atoms with Crippen LogP contribution in [0.15, 0.2) is 18.2 Å². The van der Waals surface area contributed by atoms with E-state index in [2.05, 4.69) is 16.0 Å². The summed E-state index contributed by atoms with van der Waals surface area (Å²) < 4.78 is 24.4. The maximum atomic E-state index is 13.5. The van der Waals surface area contributed by atoms with E-state index in [0.717, 1.165) is 18.9 Å². The van der Waals surface area contributed by atoms with E-state index in [0.29, 0.717) is 24.8 Å². The Labute approximate surface area is 173 Å². The highest BCUT2D eigenvalue weighted by Crippen LogP contribution is 2.45. The molecule has 1 aromatic carbocycles. The summed E-state index contributed by atoms with van der Waals surface area (Å²) in [5, 5.41) is 9.13. The standard InChI is InChI=1S/C20H25ClFN3O4/c1-10-8-23-20(29-10)19(27)25-17-7-16(11-4-12(17)5-11)24-18(26)9-28-13-2-3-14(21)15(22)6-13/h2-3,6,10-12,16-17,20,23H,4-5,7-9H2,1H3,(H,24,26)(H,25,27)/t10?,11?,12?,16-,17+,20?/m0/s1. The van der Waals surface area contributed by atoms with E-state index in [1.807, 2.05) is 6.92 Å². The number of rotatable bonds is 6.